The van der Waals surface area contributed by atoms with Gasteiger partial charge in [-0.05, 0) is 13.0 Å². The Morgan fingerprint density at radius 2 is 2.42 bits per heavy atom. The molecular formula is C8H14N2O2. The zero-order valence-corrected chi connectivity index (χ0v) is 7.03. The molecule has 0 radical (unpaired) electrons. The molecule has 1 amide bonds. The first-order valence-corrected chi connectivity index (χ1v) is 4.45. The average Bonchev–Trinajstić information content (AvgIpc) is 2.00. The second-order valence-corrected chi connectivity index (χ2v) is 3.41. The molecule has 0 aromatic rings. The van der Waals surface area contributed by atoms with Crippen molar-refractivity contribution in [3.8, 4) is 0 Å². The summed E-state index contributed by atoms with van der Waals surface area (Å²) in [7, 11) is 0. The summed E-state index contributed by atoms with van der Waals surface area (Å²) >= 11 is 0. The number of piperidine rings is 1. The molecule has 3 saturated heterocycles. The van der Waals surface area contributed by atoms with Crippen molar-refractivity contribution in [2.75, 3.05) is 19.6 Å². The molecule has 2 bridgehead atoms. The van der Waals surface area contributed by atoms with Gasteiger partial charge in [0.25, 0.3) is 5.91 Å². The zero-order chi connectivity index (χ0) is 8.55. The predicted molar refractivity (Wildman–Crippen MR) is 43.5 cm³/mol. The lowest BCUT2D eigenvalue weighted by Crippen LogP contribution is -2.61. The van der Waals surface area contributed by atoms with Gasteiger partial charge in [0.15, 0.2) is 0 Å². The quantitative estimate of drug-likeness (QED) is 0.611. The van der Waals surface area contributed by atoms with Gasteiger partial charge >= 0.3 is 0 Å². The number of carbonyl (C=O) groups excluding carboxylic acids is 1. The summed E-state index contributed by atoms with van der Waals surface area (Å²) < 4.78 is 5.28. The van der Waals surface area contributed by atoms with E-state index in [0.717, 1.165) is 25.9 Å². The molecule has 68 valence electrons. The van der Waals surface area contributed by atoms with Gasteiger partial charge in [0, 0.05) is 19.5 Å². The largest absolute Gasteiger partial charge is 0.363 e. The normalized spacial score (nSPS) is 33.4. The summed E-state index contributed by atoms with van der Waals surface area (Å²) in [6.45, 7) is 2.22. The number of ether oxygens (including phenoxy) is 1. The van der Waals surface area contributed by atoms with E-state index >= 15 is 0 Å². The third-order valence-electron chi connectivity index (χ3n) is 2.48. The first-order chi connectivity index (χ1) is 5.81. The van der Waals surface area contributed by atoms with E-state index in [1.54, 1.807) is 0 Å². The molecule has 0 aromatic heterocycles. The summed E-state index contributed by atoms with van der Waals surface area (Å²) in [4.78, 5) is 13.3. The predicted octanol–water partition coefficient (Wildman–Crippen LogP) is -0.665. The van der Waals surface area contributed by atoms with E-state index in [1.807, 2.05) is 4.90 Å². The standard InChI is InChI=1S/C8H14N2O2/c9-2-1-3-10-5-6-4-7(12-6)8(10)11/h6-7H,1-5,9H2. The van der Waals surface area contributed by atoms with Crippen molar-refractivity contribution >= 4 is 5.91 Å². The average molecular weight is 170 g/mol. The highest BCUT2D eigenvalue weighted by Crippen LogP contribution is 2.28. The molecule has 2 unspecified atom stereocenters. The SMILES string of the molecule is NCCCN1CC2CC(O2)C1=O. The van der Waals surface area contributed by atoms with Crippen LogP contribution in [0.25, 0.3) is 0 Å². The number of amides is 1. The number of fused-ring (bicyclic) bond motifs is 2. The number of nitrogens with zero attached hydrogens (tertiary/aromatic N) is 1. The third-order valence-corrected chi connectivity index (χ3v) is 2.48. The molecule has 3 heterocycles. The lowest BCUT2D eigenvalue weighted by Gasteiger charge is -2.46. The molecule has 3 aliphatic heterocycles. The fourth-order valence-corrected chi connectivity index (χ4v) is 1.76. The van der Waals surface area contributed by atoms with Gasteiger partial charge in [-0.1, -0.05) is 0 Å². The van der Waals surface area contributed by atoms with Crippen LogP contribution >= 0.6 is 0 Å². The molecule has 3 aliphatic rings. The number of hydrogen-bond donors (Lipinski definition) is 1. The molecular weight excluding hydrogens is 156 g/mol. The van der Waals surface area contributed by atoms with Crippen molar-refractivity contribution in [3.05, 3.63) is 0 Å². The number of carbonyl (C=O) groups is 1. The summed E-state index contributed by atoms with van der Waals surface area (Å²) in [6, 6.07) is 0. The maximum atomic E-state index is 11.4. The molecule has 0 aliphatic carbocycles. The summed E-state index contributed by atoms with van der Waals surface area (Å²) in [5, 5.41) is 0. The first kappa shape index (κ1) is 8.01. The van der Waals surface area contributed by atoms with E-state index in [9.17, 15) is 4.79 Å². The summed E-state index contributed by atoms with van der Waals surface area (Å²) in [6.07, 6.45) is 2.01. The van der Waals surface area contributed by atoms with Crippen LogP contribution in [0.1, 0.15) is 12.8 Å². The van der Waals surface area contributed by atoms with Gasteiger partial charge in [-0.3, -0.25) is 4.79 Å². The van der Waals surface area contributed by atoms with Crippen LogP contribution in [-0.4, -0.2) is 42.6 Å². The Labute approximate surface area is 71.7 Å². The number of nitrogens with two attached hydrogens (primary N) is 1. The van der Waals surface area contributed by atoms with Crippen LogP contribution in [0.3, 0.4) is 0 Å². The Kier molecular flexibility index (Phi) is 2.02. The van der Waals surface area contributed by atoms with Crippen molar-refractivity contribution in [2.45, 2.75) is 25.0 Å². The molecule has 0 aromatic carbocycles. The molecule has 4 nitrogen and oxygen atoms in total. The van der Waals surface area contributed by atoms with Gasteiger partial charge < -0.3 is 15.4 Å². The minimum Gasteiger partial charge on any atom is -0.363 e. The highest BCUT2D eigenvalue weighted by molar-refractivity contribution is 5.83. The van der Waals surface area contributed by atoms with E-state index in [-0.39, 0.29) is 12.0 Å². The van der Waals surface area contributed by atoms with E-state index in [1.165, 1.54) is 0 Å². The molecule has 12 heavy (non-hydrogen) atoms. The van der Waals surface area contributed by atoms with Gasteiger partial charge in [-0.15, -0.1) is 0 Å². The maximum absolute atomic E-state index is 11.4. The van der Waals surface area contributed by atoms with Crippen molar-refractivity contribution in [2.24, 2.45) is 5.73 Å². The van der Waals surface area contributed by atoms with Crippen molar-refractivity contribution in [1.82, 2.24) is 4.90 Å². The number of hydrogen-bond acceptors (Lipinski definition) is 3. The Morgan fingerprint density at radius 3 is 3.00 bits per heavy atom. The lowest BCUT2D eigenvalue weighted by atomic mass is 9.98. The highest BCUT2D eigenvalue weighted by Gasteiger charge is 2.44. The molecule has 3 fully saturated rings. The highest BCUT2D eigenvalue weighted by atomic mass is 16.5. The second-order valence-electron chi connectivity index (χ2n) is 3.41. The molecule has 0 spiro atoms. The third kappa shape index (κ3) is 1.21. The summed E-state index contributed by atoms with van der Waals surface area (Å²) in [5.74, 6) is 0.158. The van der Waals surface area contributed by atoms with E-state index in [4.69, 9.17) is 10.5 Å². The number of rotatable bonds is 3. The van der Waals surface area contributed by atoms with Gasteiger partial charge in [0.05, 0.1) is 6.10 Å². The fourth-order valence-electron chi connectivity index (χ4n) is 1.76. The van der Waals surface area contributed by atoms with Crippen LogP contribution in [0.5, 0.6) is 0 Å². The van der Waals surface area contributed by atoms with Crippen LogP contribution in [0.4, 0.5) is 0 Å². The van der Waals surface area contributed by atoms with Crippen LogP contribution in [0, 0.1) is 0 Å². The minimum atomic E-state index is -0.124. The van der Waals surface area contributed by atoms with E-state index < -0.39 is 0 Å². The minimum absolute atomic E-state index is 0.124. The van der Waals surface area contributed by atoms with E-state index in [2.05, 4.69) is 0 Å². The second kappa shape index (κ2) is 3.03. The van der Waals surface area contributed by atoms with Crippen molar-refractivity contribution in [3.63, 3.8) is 0 Å². The van der Waals surface area contributed by atoms with Crippen LogP contribution in [-0.2, 0) is 9.53 Å². The smallest absolute Gasteiger partial charge is 0.251 e. The first-order valence-electron chi connectivity index (χ1n) is 4.45. The van der Waals surface area contributed by atoms with Crippen LogP contribution in [0.15, 0.2) is 0 Å². The Bertz CT molecular complexity index is 189. The lowest BCUT2D eigenvalue weighted by molar-refractivity contribution is -0.197. The van der Waals surface area contributed by atoms with Crippen LogP contribution < -0.4 is 5.73 Å². The molecule has 2 atom stereocenters. The zero-order valence-electron chi connectivity index (χ0n) is 7.03. The van der Waals surface area contributed by atoms with Gasteiger partial charge in [0.1, 0.15) is 6.10 Å². The molecule has 0 saturated carbocycles. The topological polar surface area (TPSA) is 55.6 Å². The van der Waals surface area contributed by atoms with Crippen LogP contribution in [0.2, 0.25) is 0 Å². The number of morpholine rings is 1. The van der Waals surface area contributed by atoms with Crippen molar-refractivity contribution < 1.29 is 9.53 Å². The van der Waals surface area contributed by atoms with Crippen molar-refractivity contribution in [1.29, 1.82) is 0 Å². The monoisotopic (exact) mass is 170 g/mol. The Balaban J connectivity index is 1.86. The fraction of sp³-hybridized carbons (Fsp3) is 0.875. The van der Waals surface area contributed by atoms with Gasteiger partial charge in [-0.25, -0.2) is 0 Å². The molecule has 3 rings (SSSR count). The summed E-state index contributed by atoms with van der Waals surface area (Å²) in [5.41, 5.74) is 5.37. The molecule has 4 heteroatoms. The van der Waals surface area contributed by atoms with Gasteiger partial charge in [0.2, 0.25) is 0 Å². The van der Waals surface area contributed by atoms with E-state index in [0.29, 0.717) is 12.6 Å². The Hall–Kier alpha value is -0.610. The Morgan fingerprint density at radius 1 is 1.67 bits per heavy atom. The molecule has 2 N–H and O–H groups in total. The van der Waals surface area contributed by atoms with Gasteiger partial charge in [-0.2, -0.15) is 0 Å². The maximum Gasteiger partial charge on any atom is 0.251 e.